The predicted molar refractivity (Wildman–Crippen MR) is 81.2 cm³/mol. The van der Waals surface area contributed by atoms with Gasteiger partial charge in [0.25, 0.3) is 0 Å². The molecule has 2 unspecified atom stereocenters. The maximum atomic E-state index is 6.18. The molecular weight excluding hydrogens is 242 g/mol. The molecule has 0 aliphatic carbocycles. The number of hydrogen-bond acceptors (Lipinski definition) is 4. The van der Waals surface area contributed by atoms with Crippen LogP contribution < -0.4 is 5.73 Å². The molecule has 0 aromatic rings. The van der Waals surface area contributed by atoms with Gasteiger partial charge in [-0.1, -0.05) is 20.8 Å². The first-order valence-corrected chi connectivity index (χ1v) is 8.37. The van der Waals surface area contributed by atoms with Crippen LogP contribution in [0.15, 0.2) is 0 Å². The predicted octanol–water partition coefficient (Wildman–Crippen LogP) is 1.63. The van der Waals surface area contributed by atoms with Crippen LogP contribution in [0, 0.1) is 0 Å². The average molecular weight is 271 g/mol. The molecule has 2 aliphatic rings. The molecule has 2 heterocycles. The van der Waals surface area contributed by atoms with Gasteiger partial charge in [0.2, 0.25) is 0 Å². The molecule has 0 spiro atoms. The summed E-state index contributed by atoms with van der Waals surface area (Å²) in [5, 5.41) is 1.50. The minimum absolute atomic E-state index is 0.287. The van der Waals surface area contributed by atoms with Crippen LogP contribution in [0.2, 0.25) is 0 Å². The van der Waals surface area contributed by atoms with Gasteiger partial charge < -0.3 is 10.6 Å². The molecule has 2 atom stereocenters. The molecule has 2 N–H and O–H groups in total. The highest BCUT2D eigenvalue weighted by molar-refractivity contribution is 8.00. The fourth-order valence-corrected chi connectivity index (χ4v) is 4.83. The van der Waals surface area contributed by atoms with Crippen LogP contribution in [0.4, 0.5) is 0 Å². The minimum Gasteiger partial charge on any atom is -0.329 e. The van der Waals surface area contributed by atoms with Gasteiger partial charge in [0.1, 0.15) is 0 Å². The number of rotatable bonds is 3. The molecule has 2 fully saturated rings. The van der Waals surface area contributed by atoms with Gasteiger partial charge in [-0.25, -0.2) is 0 Å². The SMILES string of the molecule is CCN1CCC(CN)(N2CC(C)SC(C)C2)CC1. The number of likely N-dealkylation sites (tertiary alicyclic amines) is 1. The molecule has 0 bridgehead atoms. The fraction of sp³-hybridized carbons (Fsp3) is 1.00. The van der Waals surface area contributed by atoms with E-state index in [1.807, 2.05) is 0 Å². The fourth-order valence-electron chi connectivity index (χ4n) is 3.50. The zero-order valence-electron chi connectivity index (χ0n) is 12.2. The molecular formula is C14H29N3S. The Balaban J connectivity index is 2.03. The lowest BCUT2D eigenvalue weighted by molar-refractivity contribution is 0.0271. The van der Waals surface area contributed by atoms with E-state index in [0.29, 0.717) is 0 Å². The lowest BCUT2D eigenvalue weighted by Crippen LogP contribution is -2.62. The Hall–Kier alpha value is 0.230. The van der Waals surface area contributed by atoms with Gasteiger partial charge in [0.15, 0.2) is 0 Å². The van der Waals surface area contributed by atoms with E-state index >= 15 is 0 Å². The molecule has 2 saturated heterocycles. The smallest absolute Gasteiger partial charge is 0.0356 e. The molecule has 0 saturated carbocycles. The van der Waals surface area contributed by atoms with E-state index in [1.54, 1.807) is 0 Å². The molecule has 0 amide bonds. The molecule has 0 aromatic heterocycles. The van der Waals surface area contributed by atoms with E-state index in [2.05, 4.69) is 42.3 Å². The first-order valence-electron chi connectivity index (χ1n) is 7.42. The summed E-state index contributed by atoms with van der Waals surface area (Å²) in [5.41, 5.74) is 6.47. The molecule has 4 heteroatoms. The van der Waals surface area contributed by atoms with Crippen molar-refractivity contribution < 1.29 is 0 Å². The Morgan fingerprint density at radius 3 is 2.17 bits per heavy atom. The standard InChI is InChI=1S/C14H29N3S/c1-4-16-7-5-14(11-15,6-8-16)17-9-12(2)18-13(3)10-17/h12-13H,4-11,15H2,1-3H3. The molecule has 0 radical (unpaired) electrons. The van der Waals surface area contributed by atoms with E-state index in [4.69, 9.17) is 5.73 Å². The highest BCUT2D eigenvalue weighted by Crippen LogP contribution is 2.34. The van der Waals surface area contributed by atoms with Crippen LogP contribution >= 0.6 is 11.8 Å². The van der Waals surface area contributed by atoms with Crippen LogP contribution in [0.25, 0.3) is 0 Å². The summed E-state index contributed by atoms with van der Waals surface area (Å²) >= 11 is 2.13. The Kier molecular flexibility index (Phi) is 4.98. The van der Waals surface area contributed by atoms with E-state index < -0.39 is 0 Å². The summed E-state index contributed by atoms with van der Waals surface area (Å²) in [5.74, 6) is 0. The highest BCUT2D eigenvalue weighted by Gasteiger charge is 2.41. The Bertz CT molecular complexity index is 254. The van der Waals surface area contributed by atoms with Crippen LogP contribution in [0.1, 0.15) is 33.6 Å². The van der Waals surface area contributed by atoms with E-state index in [-0.39, 0.29) is 5.54 Å². The second kappa shape index (κ2) is 6.12. The van der Waals surface area contributed by atoms with Crippen molar-refractivity contribution in [2.24, 2.45) is 5.73 Å². The number of piperidine rings is 1. The third kappa shape index (κ3) is 3.03. The summed E-state index contributed by atoms with van der Waals surface area (Å²) < 4.78 is 0. The number of nitrogens with zero attached hydrogens (tertiary/aromatic N) is 2. The molecule has 2 rings (SSSR count). The summed E-state index contributed by atoms with van der Waals surface area (Å²) in [6.07, 6.45) is 2.50. The van der Waals surface area contributed by atoms with E-state index in [9.17, 15) is 0 Å². The molecule has 18 heavy (non-hydrogen) atoms. The zero-order chi connectivity index (χ0) is 13.2. The second-order valence-electron chi connectivity index (χ2n) is 6.03. The van der Waals surface area contributed by atoms with Gasteiger partial charge in [-0.2, -0.15) is 11.8 Å². The number of thioether (sulfide) groups is 1. The third-order valence-electron chi connectivity index (χ3n) is 4.70. The average Bonchev–Trinajstić information content (AvgIpc) is 2.37. The summed E-state index contributed by atoms with van der Waals surface area (Å²) in [4.78, 5) is 5.27. The normalized spacial score (nSPS) is 34.7. The second-order valence-corrected chi connectivity index (χ2v) is 7.91. The van der Waals surface area contributed by atoms with Gasteiger partial charge >= 0.3 is 0 Å². The molecule has 106 valence electrons. The van der Waals surface area contributed by atoms with Gasteiger partial charge in [-0.05, 0) is 32.5 Å². The molecule has 3 nitrogen and oxygen atoms in total. The van der Waals surface area contributed by atoms with Crippen LogP contribution in [0.3, 0.4) is 0 Å². The van der Waals surface area contributed by atoms with Crippen LogP contribution in [-0.4, -0.2) is 65.1 Å². The van der Waals surface area contributed by atoms with Gasteiger partial charge in [0.05, 0.1) is 0 Å². The topological polar surface area (TPSA) is 32.5 Å². The van der Waals surface area contributed by atoms with E-state index in [0.717, 1.165) is 17.0 Å². The van der Waals surface area contributed by atoms with Crippen molar-refractivity contribution in [3.8, 4) is 0 Å². The first kappa shape index (κ1) is 14.6. The van der Waals surface area contributed by atoms with Crippen molar-refractivity contribution in [3.63, 3.8) is 0 Å². The first-order chi connectivity index (χ1) is 8.59. The lowest BCUT2D eigenvalue weighted by atomic mass is 9.85. The number of hydrogen-bond donors (Lipinski definition) is 1. The largest absolute Gasteiger partial charge is 0.329 e. The van der Waals surface area contributed by atoms with Crippen molar-refractivity contribution >= 4 is 11.8 Å². The lowest BCUT2D eigenvalue weighted by Gasteiger charge is -2.51. The summed E-state index contributed by atoms with van der Waals surface area (Å²) in [6, 6.07) is 0. The van der Waals surface area contributed by atoms with Crippen molar-refractivity contribution in [2.45, 2.75) is 49.7 Å². The van der Waals surface area contributed by atoms with Gasteiger partial charge in [0, 0.05) is 35.7 Å². The highest BCUT2D eigenvalue weighted by atomic mass is 32.2. The Labute approximate surface area is 116 Å². The third-order valence-corrected chi connectivity index (χ3v) is 5.93. The maximum Gasteiger partial charge on any atom is 0.0356 e. The Morgan fingerprint density at radius 1 is 1.17 bits per heavy atom. The van der Waals surface area contributed by atoms with Gasteiger partial charge in [-0.15, -0.1) is 0 Å². The molecule has 2 aliphatic heterocycles. The minimum atomic E-state index is 0.287. The quantitative estimate of drug-likeness (QED) is 0.845. The van der Waals surface area contributed by atoms with Crippen molar-refractivity contribution in [1.29, 1.82) is 0 Å². The van der Waals surface area contributed by atoms with Crippen molar-refractivity contribution in [2.75, 3.05) is 39.3 Å². The summed E-state index contributed by atoms with van der Waals surface area (Å²) in [7, 11) is 0. The van der Waals surface area contributed by atoms with E-state index in [1.165, 1.54) is 45.6 Å². The number of nitrogens with two attached hydrogens (primary N) is 1. The van der Waals surface area contributed by atoms with Crippen LogP contribution in [-0.2, 0) is 0 Å². The van der Waals surface area contributed by atoms with Crippen LogP contribution in [0.5, 0.6) is 0 Å². The van der Waals surface area contributed by atoms with Gasteiger partial charge in [-0.3, -0.25) is 4.90 Å². The summed E-state index contributed by atoms with van der Waals surface area (Å²) in [6.45, 7) is 13.9. The zero-order valence-corrected chi connectivity index (χ0v) is 13.0. The van der Waals surface area contributed by atoms with Crippen molar-refractivity contribution in [1.82, 2.24) is 9.80 Å². The maximum absolute atomic E-state index is 6.18. The Morgan fingerprint density at radius 2 is 1.72 bits per heavy atom. The monoisotopic (exact) mass is 271 g/mol. The molecule has 0 aromatic carbocycles. The van der Waals surface area contributed by atoms with Crippen molar-refractivity contribution in [3.05, 3.63) is 0 Å².